The lowest BCUT2D eigenvalue weighted by molar-refractivity contribution is 0.362. The largest absolute Gasteiger partial charge is 0.126 e. The van der Waals surface area contributed by atoms with Gasteiger partial charge in [-0.1, -0.05) is 19.1 Å². The Bertz CT molecular complexity index is 283. The molecule has 3 heteroatoms. The van der Waals surface area contributed by atoms with Gasteiger partial charge in [0.15, 0.2) is 0 Å². The van der Waals surface area contributed by atoms with Crippen molar-refractivity contribution in [3.63, 3.8) is 0 Å². The molecule has 0 aliphatic rings. The summed E-state index contributed by atoms with van der Waals surface area (Å²) in [4.78, 5) is 0. The van der Waals surface area contributed by atoms with Gasteiger partial charge >= 0.3 is 0 Å². The number of hydrogen-bond acceptors (Lipinski definition) is 0. The van der Waals surface area contributed by atoms with Gasteiger partial charge in [-0.3, -0.25) is 0 Å². The van der Waals surface area contributed by atoms with E-state index < -0.39 is 0 Å². The normalized spacial score (nSPS) is 11.7. The van der Waals surface area contributed by atoms with Gasteiger partial charge < -0.3 is 0 Å². The van der Waals surface area contributed by atoms with Crippen molar-refractivity contribution < 1.29 is 0 Å². The van der Waals surface area contributed by atoms with E-state index in [1.165, 1.54) is 9.13 Å². The third-order valence-corrected chi connectivity index (χ3v) is 4.66. The molecule has 0 bridgehead atoms. The first kappa shape index (κ1) is 13.6. The Morgan fingerprint density at radius 3 is 2.07 bits per heavy atom. The highest BCUT2D eigenvalue weighted by molar-refractivity contribution is 14.1. The van der Waals surface area contributed by atoms with Crippen LogP contribution in [-0.4, -0.2) is 11.8 Å². The maximum absolute atomic E-state index is 6.02. The van der Waals surface area contributed by atoms with Crippen molar-refractivity contribution in [2.75, 3.05) is 11.8 Å². The van der Waals surface area contributed by atoms with Gasteiger partial charge in [0, 0.05) is 20.7 Å². The molecule has 0 fully saturated rings. The van der Waals surface area contributed by atoms with Crippen LogP contribution in [0.2, 0.25) is 0 Å². The summed E-state index contributed by atoms with van der Waals surface area (Å²) >= 11 is 14.3. The second-order valence-corrected chi connectivity index (χ2v) is 5.70. The van der Waals surface area contributed by atoms with Crippen LogP contribution in [0.3, 0.4) is 0 Å². The van der Waals surface area contributed by atoms with E-state index in [0.717, 1.165) is 12.8 Å². The first-order chi connectivity index (χ1) is 7.15. The topological polar surface area (TPSA) is 0 Å². The summed E-state index contributed by atoms with van der Waals surface area (Å²) in [5, 5.41) is 0. The zero-order valence-corrected chi connectivity index (χ0v) is 12.4. The van der Waals surface area contributed by atoms with E-state index in [0.29, 0.717) is 11.8 Å². The minimum absolute atomic E-state index is 0.0515. The summed E-state index contributed by atoms with van der Waals surface area (Å²) in [7, 11) is 0. The van der Waals surface area contributed by atoms with Crippen LogP contribution in [0, 0.1) is 8.99 Å². The molecule has 0 unspecified atom stereocenters. The molecule has 1 rings (SSSR count). The SMILES string of the molecule is CCC(CCl)(CCl)Cc1ccc(I)cc1. The second kappa shape index (κ2) is 6.31. The van der Waals surface area contributed by atoms with E-state index in [1.54, 1.807) is 0 Å². The second-order valence-electron chi connectivity index (χ2n) is 3.92. The molecule has 1 aromatic carbocycles. The number of halogens is 3. The summed E-state index contributed by atoms with van der Waals surface area (Å²) in [5.74, 6) is 1.25. The smallest absolute Gasteiger partial charge is 0.0294 e. The lowest BCUT2D eigenvalue weighted by Crippen LogP contribution is -2.27. The molecule has 0 saturated carbocycles. The molecule has 0 aromatic heterocycles. The van der Waals surface area contributed by atoms with Gasteiger partial charge in [-0.25, -0.2) is 0 Å². The van der Waals surface area contributed by atoms with E-state index in [-0.39, 0.29) is 5.41 Å². The molecule has 0 saturated heterocycles. The number of rotatable bonds is 5. The fourth-order valence-corrected chi connectivity index (χ4v) is 2.69. The average Bonchev–Trinajstić information content (AvgIpc) is 2.29. The van der Waals surface area contributed by atoms with Gasteiger partial charge in [0.05, 0.1) is 0 Å². The lowest BCUT2D eigenvalue weighted by atomic mass is 9.83. The van der Waals surface area contributed by atoms with Crippen molar-refractivity contribution >= 4 is 45.8 Å². The molecule has 0 radical (unpaired) electrons. The average molecular weight is 357 g/mol. The zero-order valence-electron chi connectivity index (χ0n) is 8.77. The van der Waals surface area contributed by atoms with Crippen LogP contribution in [0.1, 0.15) is 18.9 Å². The predicted octanol–water partition coefficient (Wildman–Crippen LogP) is 4.71. The highest BCUT2D eigenvalue weighted by atomic mass is 127. The minimum Gasteiger partial charge on any atom is -0.126 e. The Labute approximate surface area is 115 Å². The van der Waals surface area contributed by atoms with Crippen LogP contribution in [0.15, 0.2) is 24.3 Å². The van der Waals surface area contributed by atoms with E-state index in [9.17, 15) is 0 Å². The summed E-state index contributed by atoms with van der Waals surface area (Å²) < 4.78 is 1.26. The molecule has 0 N–H and O–H groups in total. The Kier molecular flexibility index (Phi) is 5.72. The van der Waals surface area contributed by atoms with E-state index in [4.69, 9.17) is 23.2 Å². The third-order valence-electron chi connectivity index (χ3n) is 2.81. The van der Waals surface area contributed by atoms with Crippen molar-refractivity contribution in [2.24, 2.45) is 5.41 Å². The molecule has 0 amide bonds. The van der Waals surface area contributed by atoms with Crippen LogP contribution < -0.4 is 0 Å². The molecule has 84 valence electrons. The van der Waals surface area contributed by atoms with Crippen molar-refractivity contribution in [1.82, 2.24) is 0 Å². The highest BCUT2D eigenvalue weighted by Gasteiger charge is 2.26. The van der Waals surface area contributed by atoms with E-state index >= 15 is 0 Å². The van der Waals surface area contributed by atoms with Crippen LogP contribution in [-0.2, 0) is 6.42 Å². The minimum atomic E-state index is 0.0515. The quantitative estimate of drug-likeness (QED) is 0.529. The summed E-state index contributed by atoms with van der Waals surface area (Å²) in [6, 6.07) is 8.56. The summed E-state index contributed by atoms with van der Waals surface area (Å²) in [6.45, 7) is 2.15. The molecule has 0 aliphatic carbocycles. The molecule has 1 aromatic rings. The summed E-state index contributed by atoms with van der Waals surface area (Å²) in [5.41, 5.74) is 1.37. The summed E-state index contributed by atoms with van der Waals surface area (Å²) in [6.07, 6.45) is 1.99. The van der Waals surface area contributed by atoms with Gasteiger partial charge in [0.2, 0.25) is 0 Å². The molecular weight excluding hydrogens is 342 g/mol. The first-order valence-electron chi connectivity index (χ1n) is 5.02. The Morgan fingerprint density at radius 2 is 1.67 bits per heavy atom. The van der Waals surface area contributed by atoms with Crippen molar-refractivity contribution in [1.29, 1.82) is 0 Å². The van der Waals surface area contributed by atoms with Gasteiger partial charge in [0.1, 0.15) is 0 Å². The van der Waals surface area contributed by atoms with Crippen LogP contribution >= 0.6 is 45.8 Å². The fraction of sp³-hybridized carbons (Fsp3) is 0.500. The van der Waals surface area contributed by atoms with Crippen molar-refractivity contribution in [2.45, 2.75) is 19.8 Å². The van der Waals surface area contributed by atoms with Crippen LogP contribution in [0.5, 0.6) is 0 Å². The maximum Gasteiger partial charge on any atom is 0.0294 e. The lowest BCUT2D eigenvalue weighted by Gasteiger charge is -2.28. The fourth-order valence-electron chi connectivity index (χ4n) is 1.48. The van der Waals surface area contributed by atoms with Crippen LogP contribution in [0.25, 0.3) is 0 Å². The van der Waals surface area contributed by atoms with E-state index in [2.05, 4.69) is 53.8 Å². The van der Waals surface area contributed by atoms with Crippen molar-refractivity contribution in [3.05, 3.63) is 33.4 Å². The Balaban J connectivity index is 2.78. The third kappa shape index (κ3) is 3.79. The first-order valence-corrected chi connectivity index (χ1v) is 7.17. The molecular formula is C12H15Cl2I. The molecule has 0 heterocycles. The standard InChI is InChI=1S/C12H15Cl2I/c1-2-12(8-13,9-14)7-10-3-5-11(15)6-4-10/h3-6H,2,7-9H2,1H3. The van der Waals surface area contributed by atoms with Gasteiger partial charge in [-0.05, 0) is 53.1 Å². The monoisotopic (exact) mass is 356 g/mol. The predicted molar refractivity (Wildman–Crippen MR) is 77.0 cm³/mol. The zero-order chi connectivity index (χ0) is 11.3. The van der Waals surface area contributed by atoms with Gasteiger partial charge in [0.25, 0.3) is 0 Å². The van der Waals surface area contributed by atoms with Crippen molar-refractivity contribution in [3.8, 4) is 0 Å². The molecule has 0 atom stereocenters. The highest BCUT2D eigenvalue weighted by Crippen LogP contribution is 2.30. The van der Waals surface area contributed by atoms with Gasteiger partial charge in [-0.15, -0.1) is 23.2 Å². The number of benzene rings is 1. The molecule has 0 spiro atoms. The van der Waals surface area contributed by atoms with Crippen LogP contribution in [0.4, 0.5) is 0 Å². The Hall–Kier alpha value is 0.530. The number of alkyl halides is 2. The molecule has 0 nitrogen and oxygen atoms in total. The number of hydrogen-bond donors (Lipinski definition) is 0. The van der Waals surface area contributed by atoms with E-state index in [1.807, 2.05) is 0 Å². The van der Waals surface area contributed by atoms with Gasteiger partial charge in [-0.2, -0.15) is 0 Å². The maximum atomic E-state index is 6.02. The molecule has 0 aliphatic heterocycles. The molecule has 15 heavy (non-hydrogen) atoms. The Morgan fingerprint density at radius 1 is 1.13 bits per heavy atom.